The average molecular weight is 397 g/mol. The molecule has 1 aromatic heterocycles. The van der Waals surface area contributed by atoms with Crippen molar-refractivity contribution < 1.29 is 18.7 Å². The number of benzene rings is 2. The van der Waals surface area contributed by atoms with Gasteiger partial charge in [-0.15, -0.1) is 16.9 Å². The minimum atomic E-state index is -0.155. The Morgan fingerprint density at radius 3 is 2.71 bits per heavy atom. The molecule has 0 saturated carbocycles. The van der Waals surface area contributed by atoms with Gasteiger partial charge >= 0.3 is 6.01 Å². The van der Waals surface area contributed by atoms with Crippen LogP contribution < -0.4 is 14.8 Å². The molecule has 0 radical (unpaired) electrons. The van der Waals surface area contributed by atoms with Gasteiger partial charge in [-0.3, -0.25) is 10.1 Å². The summed E-state index contributed by atoms with van der Waals surface area (Å²) in [6.45, 7) is 1.10. The number of aromatic nitrogens is 2. The van der Waals surface area contributed by atoms with Gasteiger partial charge in [-0.25, -0.2) is 0 Å². The van der Waals surface area contributed by atoms with Crippen LogP contribution in [0.25, 0.3) is 0 Å². The first-order valence-electron chi connectivity index (χ1n) is 8.95. The second kappa shape index (κ2) is 8.79. The Hall–Kier alpha value is -3.00. The highest BCUT2D eigenvalue weighted by Crippen LogP contribution is 2.31. The molecule has 8 heteroatoms. The minimum Gasteiger partial charge on any atom is -0.486 e. The van der Waals surface area contributed by atoms with Gasteiger partial charge in [0.05, 0.1) is 6.42 Å². The van der Waals surface area contributed by atoms with E-state index in [1.54, 1.807) is 11.8 Å². The van der Waals surface area contributed by atoms with Crippen LogP contribution in [-0.4, -0.2) is 35.1 Å². The van der Waals surface area contributed by atoms with Crippen molar-refractivity contribution in [3.8, 4) is 11.5 Å². The summed E-state index contributed by atoms with van der Waals surface area (Å²) >= 11 is 1.63. The highest BCUT2D eigenvalue weighted by Gasteiger charge is 2.14. The number of nitrogens with zero attached hydrogens (tertiary/aromatic N) is 2. The van der Waals surface area contributed by atoms with Crippen molar-refractivity contribution in [3.63, 3.8) is 0 Å². The zero-order chi connectivity index (χ0) is 19.2. The summed E-state index contributed by atoms with van der Waals surface area (Å²) in [5.41, 5.74) is 0.963. The van der Waals surface area contributed by atoms with E-state index >= 15 is 0 Å². The number of ether oxygens (including phenoxy) is 2. The zero-order valence-corrected chi connectivity index (χ0v) is 15.9. The molecule has 1 amide bonds. The van der Waals surface area contributed by atoms with Crippen molar-refractivity contribution in [2.24, 2.45) is 0 Å². The van der Waals surface area contributed by atoms with E-state index in [4.69, 9.17) is 13.9 Å². The van der Waals surface area contributed by atoms with Crippen LogP contribution >= 0.6 is 11.8 Å². The summed E-state index contributed by atoms with van der Waals surface area (Å²) in [5.74, 6) is 2.40. The van der Waals surface area contributed by atoms with Crippen LogP contribution in [0.3, 0.4) is 0 Å². The number of nitrogens with one attached hydrogen (secondary N) is 1. The van der Waals surface area contributed by atoms with Gasteiger partial charge in [-0.1, -0.05) is 29.4 Å². The molecule has 0 aliphatic carbocycles. The van der Waals surface area contributed by atoms with Gasteiger partial charge in [0.15, 0.2) is 11.5 Å². The highest BCUT2D eigenvalue weighted by molar-refractivity contribution is 7.99. The van der Waals surface area contributed by atoms with E-state index in [-0.39, 0.29) is 11.9 Å². The molecule has 0 saturated heterocycles. The molecule has 2 heterocycles. The van der Waals surface area contributed by atoms with Crippen LogP contribution in [-0.2, 0) is 11.2 Å². The van der Waals surface area contributed by atoms with E-state index in [1.807, 2.05) is 48.5 Å². The Bertz CT molecular complexity index is 946. The molecular weight excluding hydrogens is 378 g/mol. The van der Waals surface area contributed by atoms with E-state index in [2.05, 4.69) is 15.5 Å². The fourth-order valence-electron chi connectivity index (χ4n) is 2.71. The second-order valence-electron chi connectivity index (χ2n) is 6.12. The molecule has 1 aliphatic heterocycles. The smallest absolute Gasteiger partial charge is 0.322 e. The molecule has 28 heavy (non-hydrogen) atoms. The van der Waals surface area contributed by atoms with Crippen molar-refractivity contribution in [1.29, 1.82) is 0 Å². The van der Waals surface area contributed by atoms with Crippen molar-refractivity contribution in [3.05, 3.63) is 60.0 Å². The lowest BCUT2D eigenvalue weighted by molar-refractivity contribution is -0.115. The van der Waals surface area contributed by atoms with Crippen LogP contribution in [0.4, 0.5) is 6.01 Å². The van der Waals surface area contributed by atoms with Crippen molar-refractivity contribution >= 4 is 23.7 Å². The molecule has 0 bridgehead atoms. The molecule has 0 spiro atoms. The first kappa shape index (κ1) is 18.4. The van der Waals surface area contributed by atoms with Gasteiger partial charge < -0.3 is 13.9 Å². The number of thioether (sulfide) groups is 1. The van der Waals surface area contributed by atoms with Crippen molar-refractivity contribution in [1.82, 2.24) is 10.2 Å². The molecule has 2 aromatic carbocycles. The van der Waals surface area contributed by atoms with E-state index in [0.29, 0.717) is 43.4 Å². The van der Waals surface area contributed by atoms with E-state index in [1.165, 1.54) is 0 Å². The summed E-state index contributed by atoms with van der Waals surface area (Å²) in [6.07, 6.45) is 0.808. The van der Waals surface area contributed by atoms with Gasteiger partial charge in [0, 0.05) is 17.1 Å². The van der Waals surface area contributed by atoms with Gasteiger partial charge in [0.25, 0.3) is 0 Å². The predicted octanol–water partition coefficient (Wildman–Crippen LogP) is 3.55. The maximum Gasteiger partial charge on any atom is 0.322 e. The lowest BCUT2D eigenvalue weighted by Gasteiger charge is -2.18. The molecule has 0 atom stereocenters. The fourth-order valence-corrected chi connectivity index (χ4v) is 3.58. The first-order valence-corrected chi connectivity index (χ1v) is 9.93. The summed E-state index contributed by atoms with van der Waals surface area (Å²) in [4.78, 5) is 13.2. The van der Waals surface area contributed by atoms with Crippen LogP contribution in [0.15, 0.2) is 57.8 Å². The predicted molar refractivity (Wildman–Crippen MR) is 105 cm³/mol. The van der Waals surface area contributed by atoms with Gasteiger partial charge in [-0.2, -0.15) is 0 Å². The Labute approximate surface area is 166 Å². The lowest BCUT2D eigenvalue weighted by atomic mass is 10.1. The van der Waals surface area contributed by atoms with Crippen LogP contribution in [0.2, 0.25) is 0 Å². The summed E-state index contributed by atoms with van der Waals surface area (Å²) in [6, 6.07) is 15.8. The third kappa shape index (κ3) is 4.83. The number of carbonyl (C=O) groups is 1. The monoisotopic (exact) mass is 397 g/mol. The standard InChI is InChI=1S/C20H19N3O4S/c24-18(8-11-28-15-4-2-1-3-5-15)21-20-23-22-19(27-20)13-14-6-7-16-17(12-14)26-10-9-25-16/h1-7,12H,8-11,13H2,(H,21,23,24). The topological polar surface area (TPSA) is 86.5 Å². The van der Waals surface area contributed by atoms with Gasteiger partial charge in [0.2, 0.25) is 11.8 Å². The normalized spacial score (nSPS) is 12.6. The molecule has 3 aromatic rings. The van der Waals surface area contributed by atoms with Gasteiger partial charge in [0.1, 0.15) is 13.2 Å². The maximum atomic E-state index is 12.0. The Kier molecular flexibility index (Phi) is 5.77. The summed E-state index contributed by atoms with van der Waals surface area (Å²) in [7, 11) is 0. The highest BCUT2D eigenvalue weighted by atomic mass is 32.2. The summed E-state index contributed by atoms with van der Waals surface area (Å²) < 4.78 is 16.6. The lowest BCUT2D eigenvalue weighted by Crippen LogP contribution is -2.15. The molecule has 7 nitrogen and oxygen atoms in total. The van der Waals surface area contributed by atoms with Gasteiger partial charge in [-0.05, 0) is 29.8 Å². The average Bonchev–Trinajstić information content (AvgIpc) is 3.15. The SMILES string of the molecule is O=C(CCSc1ccccc1)Nc1nnc(Cc2ccc3c(c2)OCCO3)o1. The molecule has 1 N–H and O–H groups in total. The number of fused-ring (bicyclic) bond motifs is 1. The number of carbonyl (C=O) groups excluding carboxylic acids is 1. The Morgan fingerprint density at radius 1 is 1.04 bits per heavy atom. The molecule has 4 rings (SSSR count). The van der Waals surface area contributed by atoms with Crippen LogP contribution in [0.1, 0.15) is 17.9 Å². The van der Waals surface area contributed by atoms with Crippen molar-refractivity contribution in [2.45, 2.75) is 17.7 Å². The molecule has 144 valence electrons. The summed E-state index contributed by atoms with van der Waals surface area (Å²) in [5, 5.41) is 10.5. The van der Waals surface area contributed by atoms with E-state index < -0.39 is 0 Å². The largest absolute Gasteiger partial charge is 0.486 e. The number of anilines is 1. The van der Waals surface area contributed by atoms with Crippen molar-refractivity contribution in [2.75, 3.05) is 24.3 Å². The number of rotatable bonds is 7. The Morgan fingerprint density at radius 2 is 1.86 bits per heavy atom. The third-order valence-corrected chi connectivity index (χ3v) is 5.03. The third-order valence-electron chi connectivity index (χ3n) is 4.02. The Balaban J connectivity index is 1.27. The number of hydrogen-bond acceptors (Lipinski definition) is 7. The fraction of sp³-hybridized carbons (Fsp3) is 0.250. The van der Waals surface area contributed by atoms with Crippen LogP contribution in [0.5, 0.6) is 11.5 Å². The second-order valence-corrected chi connectivity index (χ2v) is 7.28. The maximum absolute atomic E-state index is 12.0. The van der Waals surface area contributed by atoms with E-state index in [9.17, 15) is 4.79 Å². The van der Waals surface area contributed by atoms with E-state index in [0.717, 1.165) is 16.2 Å². The quantitative estimate of drug-likeness (QED) is 0.610. The number of amides is 1. The van der Waals surface area contributed by atoms with Crippen LogP contribution in [0, 0.1) is 0 Å². The first-order chi connectivity index (χ1) is 13.8. The minimum absolute atomic E-state index is 0.113. The molecule has 1 aliphatic rings. The molecule has 0 fully saturated rings. The molecule has 0 unspecified atom stereocenters. The zero-order valence-electron chi connectivity index (χ0n) is 15.1. The molecular formula is C20H19N3O4S. The number of hydrogen-bond donors (Lipinski definition) is 1.